The Labute approximate surface area is 244 Å². The predicted octanol–water partition coefficient (Wildman–Crippen LogP) is -2.07. The normalized spacial score (nSPS) is 16.2. The van der Waals surface area contributed by atoms with E-state index in [1.54, 1.807) is 0 Å². The van der Waals surface area contributed by atoms with Gasteiger partial charge in [-0.25, -0.2) is 14.4 Å². The van der Waals surface area contributed by atoms with Crippen molar-refractivity contribution in [1.29, 1.82) is 0 Å². The van der Waals surface area contributed by atoms with Crippen LogP contribution in [0.15, 0.2) is 36.5 Å². The number of ether oxygens (including phenoxy) is 6. The highest BCUT2D eigenvalue weighted by Gasteiger charge is 2.36. The molecule has 0 fully saturated rings. The molecule has 15 nitrogen and oxygen atoms in total. The van der Waals surface area contributed by atoms with E-state index in [4.69, 9.17) is 28.4 Å². The molecule has 0 radical (unpaired) electrons. The number of hydrogen-bond acceptors (Lipinski definition) is 15. The van der Waals surface area contributed by atoms with E-state index in [2.05, 4.69) is 19.7 Å². The van der Waals surface area contributed by atoms with E-state index >= 15 is 0 Å². The highest BCUT2D eigenvalue weighted by Crippen LogP contribution is 2.15. The first-order valence-corrected chi connectivity index (χ1v) is 12.9. The molecule has 7 unspecified atom stereocenters. The van der Waals surface area contributed by atoms with E-state index < -0.39 is 113 Å². The number of aliphatic hydroxyl groups excluding tert-OH is 6. The fraction of sp³-hybridized carbons (Fsp3) is 0.667. The zero-order chi connectivity index (χ0) is 32.4. The van der Waals surface area contributed by atoms with E-state index in [0.717, 1.165) is 0 Å². The van der Waals surface area contributed by atoms with Gasteiger partial charge in [0.15, 0.2) is 0 Å². The summed E-state index contributed by atoms with van der Waals surface area (Å²) in [6.45, 7) is 10.3. The molecule has 6 N–H and O–H groups in total. The van der Waals surface area contributed by atoms with Gasteiger partial charge in [-0.3, -0.25) is 0 Å². The van der Waals surface area contributed by atoms with Crippen LogP contribution in [0, 0.1) is 0 Å². The standard InChI is InChI=1S/C27H44O15/c1-15(2)25(34)40-11-18(29)8-37-14-22(38-9-19(30)12-41-26(35)16(3)4)24(23(33)21(32)7-28)39-10-20(31)13-42-27(36)17(5)6/h18-24,28-33H,1,3,5,7-14H2,2,4,6H3. The minimum atomic E-state index is -1.83. The summed E-state index contributed by atoms with van der Waals surface area (Å²) in [5.74, 6) is -2.23. The van der Waals surface area contributed by atoms with Crippen molar-refractivity contribution >= 4 is 17.9 Å². The lowest BCUT2D eigenvalue weighted by atomic mass is 10.0. The summed E-state index contributed by atoms with van der Waals surface area (Å²) < 4.78 is 31.2. The minimum absolute atomic E-state index is 0.0946. The number of esters is 3. The van der Waals surface area contributed by atoms with Crippen LogP contribution in [0.25, 0.3) is 0 Å². The average molecular weight is 609 g/mol. The van der Waals surface area contributed by atoms with E-state index in [-0.39, 0.29) is 16.7 Å². The fourth-order valence-electron chi connectivity index (χ4n) is 2.80. The summed E-state index contributed by atoms with van der Waals surface area (Å²) >= 11 is 0. The zero-order valence-electron chi connectivity index (χ0n) is 24.2. The number of carbonyl (C=O) groups excluding carboxylic acids is 3. The molecule has 7 atom stereocenters. The largest absolute Gasteiger partial charge is 0.460 e. The number of hydrogen-bond donors (Lipinski definition) is 6. The van der Waals surface area contributed by atoms with Crippen LogP contribution in [0.3, 0.4) is 0 Å². The maximum Gasteiger partial charge on any atom is 0.333 e. The van der Waals surface area contributed by atoms with Gasteiger partial charge in [0.05, 0.1) is 33.0 Å². The van der Waals surface area contributed by atoms with Gasteiger partial charge in [0.2, 0.25) is 0 Å². The zero-order valence-corrected chi connectivity index (χ0v) is 24.2. The third-order valence-corrected chi connectivity index (χ3v) is 5.13. The van der Waals surface area contributed by atoms with Gasteiger partial charge in [-0.1, -0.05) is 19.7 Å². The molecule has 0 saturated heterocycles. The summed E-state index contributed by atoms with van der Waals surface area (Å²) in [5, 5.41) is 60.6. The molecule has 42 heavy (non-hydrogen) atoms. The first-order valence-electron chi connectivity index (χ1n) is 12.9. The first-order chi connectivity index (χ1) is 19.6. The molecule has 0 heterocycles. The molecule has 0 aromatic heterocycles. The van der Waals surface area contributed by atoms with Crippen molar-refractivity contribution in [2.24, 2.45) is 0 Å². The van der Waals surface area contributed by atoms with Crippen molar-refractivity contribution in [3.63, 3.8) is 0 Å². The molecule has 0 rings (SSSR count). The van der Waals surface area contributed by atoms with Crippen molar-refractivity contribution in [1.82, 2.24) is 0 Å². The Morgan fingerprint density at radius 3 is 1.36 bits per heavy atom. The lowest BCUT2D eigenvalue weighted by molar-refractivity contribution is -0.189. The van der Waals surface area contributed by atoms with Crippen LogP contribution in [0.1, 0.15) is 20.8 Å². The Kier molecular flexibility index (Phi) is 19.7. The molecule has 0 spiro atoms. The van der Waals surface area contributed by atoms with E-state index in [9.17, 15) is 45.0 Å². The van der Waals surface area contributed by atoms with Crippen LogP contribution in [-0.2, 0) is 42.8 Å². The maximum atomic E-state index is 11.6. The maximum absolute atomic E-state index is 11.6. The van der Waals surface area contributed by atoms with Gasteiger partial charge in [-0.05, 0) is 20.8 Å². The summed E-state index contributed by atoms with van der Waals surface area (Å²) in [4.78, 5) is 34.7. The summed E-state index contributed by atoms with van der Waals surface area (Å²) in [7, 11) is 0. The molecule has 0 aliphatic heterocycles. The van der Waals surface area contributed by atoms with Gasteiger partial charge in [-0.15, -0.1) is 0 Å². The number of rotatable bonds is 23. The second-order valence-electron chi connectivity index (χ2n) is 9.55. The molecular weight excluding hydrogens is 564 g/mol. The molecule has 0 aromatic carbocycles. The van der Waals surface area contributed by atoms with Gasteiger partial charge in [-0.2, -0.15) is 0 Å². The Morgan fingerprint density at radius 2 is 0.976 bits per heavy atom. The second kappa shape index (κ2) is 21.0. The van der Waals surface area contributed by atoms with Crippen LogP contribution in [0.4, 0.5) is 0 Å². The third kappa shape index (κ3) is 16.6. The topological polar surface area (TPSA) is 228 Å². The second-order valence-corrected chi connectivity index (χ2v) is 9.55. The predicted molar refractivity (Wildman–Crippen MR) is 145 cm³/mol. The van der Waals surface area contributed by atoms with Gasteiger partial charge < -0.3 is 59.1 Å². The molecule has 0 aliphatic carbocycles. The SMILES string of the molecule is C=C(C)C(=O)OCC(O)COCC(OCC(O)COC(=O)C(=C)C)C(OCC(O)COC(=O)C(=C)C)C(O)C(O)CO. The highest BCUT2D eigenvalue weighted by atomic mass is 16.6. The smallest absolute Gasteiger partial charge is 0.333 e. The summed E-state index contributed by atoms with van der Waals surface area (Å²) in [5.41, 5.74) is 0.318. The highest BCUT2D eigenvalue weighted by molar-refractivity contribution is 5.87. The molecule has 0 aliphatic rings. The van der Waals surface area contributed by atoms with E-state index in [0.29, 0.717) is 0 Å². The molecule has 242 valence electrons. The Bertz CT molecular complexity index is 889. The summed E-state index contributed by atoms with van der Waals surface area (Å²) in [6, 6.07) is 0. The number of aliphatic hydroxyl groups is 6. The van der Waals surface area contributed by atoms with Crippen molar-refractivity contribution in [2.75, 3.05) is 52.9 Å². The first kappa shape index (κ1) is 39.3. The third-order valence-electron chi connectivity index (χ3n) is 5.13. The molecule has 0 saturated carbocycles. The van der Waals surface area contributed by atoms with E-state index in [1.165, 1.54) is 20.8 Å². The lowest BCUT2D eigenvalue weighted by Gasteiger charge is -2.33. The van der Waals surface area contributed by atoms with Crippen molar-refractivity contribution < 1.29 is 73.4 Å². The Morgan fingerprint density at radius 1 is 0.595 bits per heavy atom. The van der Waals surface area contributed by atoms with Crippen LogP contribution in [0.2, 0.25) is 0 Å². The quantitative estimate of drug-likeness (QED) is 0.0416. The summed E-state index contributed by atoms with van der Waals surface area (Å²) in [6.07, 6.45) is -10.5. The van der Waals surface area contributed by atoms with Gasteiger partial charge >= 0.3 is 17.9 Å². The lowest BCUT2D eigenvalue weighted by Crippen LogP contribution is -2.51. The van der Waals surface area contributed by atoms with Crippen molar-refractivity contribution in [3.05, 3.63) is 36.5 Å². The molecule has 15 heteroatoms. The van der Waals surface area contributed by atoms with Crippen LogP contribution in [-0.4, -0.2) is 144 Å². The van der Waals surface area contributed by atoms with Crippen molar-refractivity contribution in [3.8, 4) is 0 Å². The average Bonchev–Trinajstić information content (AvgIpc) is 2.94. The van der Waals surface area contributed by atoms with Gasteiger partial charge in [0.25, 0.3) is 0 Å². The van der Waals surface area contributed by atoms with Crippen LogP contribution in [0.5, 0.6) is 0 Å². The Balaban J connectivity index is 5.56. The molecular formula is C27H44O15. The van der Waals surface area contributed by atoms with E-state index in [1.807, 2.05) is 0 Å². The molecule has 0 amide bonds. The monoisotopic (exact) mass is 608 g/mol. The van der Waals surface area contributed by atoms with Gasteiger partial charge in [0, 0.05) is 16.7 Å². The molecule has 0 aromatic rings. The number of carbonyl (C=O) groups is 3. The Hall–Kier alpha value is -2.73. The minimum Gasteiger partial charge on any atom is -0.460 e. The van der Waals surface area contributed by atoms with Crippen LogP contribution < -0.4 is 0 Å². The van der Waals surface area contributed by atoms with Crippen LogP contribution >= 0.6 is 0 Å². The fourth-order valence-corrected chi connectivity index (χ4v) is 2.80. The van der Waals surface area contributed by atoms with Crippen molar-refractivity contribution in [2.45, 2.75) is 63.5 Å². The molecule has 0 bridgehead atoms. The van der Waals surface area contributed by atoms with Gasteiger partial charge in [0.1, 0.15) is 62.5 Å².